The van der Waals surface area contributed by atoms with Crippen molar-refractivity contribution >= 4 is 29.2 Å². The van der Waals surface area contributed by atoms with E-state index in [1.54, 1.807) is 17.0 Å². The van der Waals surface area contributed by atoms with Gasteiger partial charge in [0.15, 0.2) is 5.78 Å². The van der Waals surface area contributed by atoms with Crippen LogP contribution in [0, 0.1) is 5.92 Å². The van der Waals surface area contributed by atoms with Crippen LogP contribution in [0.5, 0.6) is 0 Å². The van der Waals surface area contributed by atoms with Crippen LogP contribution in [-0.2, 0) is 19.1 Å². The van der Waals surface area contributed by atoms with Crippen LogP contribution in [0.4, 0.5) is 5.69 Å². The highest BCUT2D eigenvalue weighted by Gasteiger charge is 2.55. The summed E-state index contributed by atoms with van der Waals surface area (Å²) in [6.45, 7) is 7.17. The molecule has 4 aliphatic rings. The van der Waals surface area contributed by atoms with Crippen molar-refractivity contribution in [1.82, 2.24) is 15.1 Å². The van der Waals surface area contributed by atoms with E-state index in [9.17, 15) is 24.3 Å². The van der Waals surface area contributed by atoms with Crippen LogP contribution < -0.4 is 10.2 Å². The van der Waals surface area contributed by atoms with Gasteiger partial charge in [-0.25, -0.2) is 0 Å². The van der Waals surface area contributed by atoms with Gasteiger partial charge in [0.1, 0.15) is 17.7 Å². The zero-order valence-corrected chi connectivity index (χ0v) is 22.9. The van der Waals surface area contributed by atoms with Gasteiger partial charge in [0.05, 0.1) is 25.8 Å². The molecule has 3 heterocycles. The molecule has 1 aliphatic carbocycles. The third-order valence-corrected chi connectivity index (χ3v) is 8.61. The number of hydrogen-bond acceptors (Lipinski definition) is 7. The topological polar surface area (TPSA) is 119 Å². The molecular formula is C29H40N4O6. The summed E-state index contributed by atoms with van der Waals surface area (Å²) < 4.78 is 5.41. The zero-order chi connectivity index (χ0) is 27.7. The first-order chi connectivity index (χ1) is 18.7. The molecule has 2 N–H and O–H groups in total. The van der Waals surface area contributed by atoms with E-state index in [1.165, 1.54) is 4.90 Å². The molecule has 0 aromatic heterocycles. The molecule has 3 atom stereocenters. The number of benzene rings is 1. The summed E-state index contributed by atoms with van der Waals surface area (Å²) in [5, 5.41) is 13.8. The monoisotopic (exact) mass is 540 g/mol. The van der Waals surface area contributed by atoms with Gasteiger partial charge >= 0.3 is 0 Å². The third kappa shape index (κ3) is 5.54. The lowest BCUT2D eigenvalue weighted by atomic mass is 9.99. The maximum Gasteiger partial charge on any atom is 0.255 e. The lowest BCUT2D eigenvalue weighted by molar-refractivity contribution is -0.152. The Morgan fingerprint density at radius 3 is 2.36 bits per heavy atom. The highest BCUT2D eigenvalue weighted by atomic mass is 16.5. The van der Waals surface area contributed by atoms with E-state index in [0.29, 0.717) is 51.0 Å². The number of carbonyl (C=O) groups excluding carboxylic acids is 4. The average Bonchev–Trinajstić information content (AvgIpc) is 3.65. The second-order valence-corrected chi connectivity index (χ2v) is 11.8. The minimum Gasteiger partial charge on any atom is -0.380 e. The van der Waals surface area contributed by atoms with Crippen LogP contribution in [0.3, 0.4) is 0 Å². The maximum atomic E-state index is 13.8. The number of amides is 3. The van der Waals surface area contributed by atoms with Crippen molar-refractivity contribution in [3.05, 3.63) is 29.8 Å². The highest BCUT2D eigenvalue weighted by molar-refractivity contribution is 6.01. The van der Waals surface area contributed by atoms with Crippen LogP contribution in [0.2, 0.25) is 0 Å². The number of morpholine rings is 1. The summed E-state index contributed by atoms with van der Waals surface area (Å²) in [4.78, 5) is 58.5. The first-order valence-corrected chi connectivity index (χ1v) is 14.3. The summed E-state index contributed by atoms with van der Waals surface area (Å²) in [5.41, 5.74) is 0.0817. The third-order valence-electron chi connectivity index (χ3n) is 8.61. The highest BCUT2D eigenvalue weighted by Crippen LogP contribution is 2.37. The van der Waals surface area contributed by atoms with Gasteiger partial charge in [-0.15, -0.1) is 0 Å². The van der Waals surface area contributed by atoms with Crippen molar-refractivity contribution < 1.29 is 29.0 Å². The molecule has 5 rings (SSSR count). The normalized spacial score (nSPS) is 25.2. The van der Waals surface area contributed by atoms with Crippen LogP contribution in [0.25, 0.3) is 0 Å². The summed E-state index contributed by atoms with van der Waals surface area (Å²) in [6, 6.07) is 5.40. The number of aliphatic hydroxyl groups is 1. The number of ether oxygens (including phenoxy) is 1. The van der Waals surface area contributed by atoms with Gasteiger partial charge in [-0.2, -0.15) is 0 Å². The number of hydrogen-bond donors (Lipinski definition) is 2. The first-order valence-electron chi connectivity index (χ1n) is 14.3. The van der Waals surface area contributed by atoms with E-state index in [0.717, 1.165) is 31.6 Å². The fraction of sp³-hybridized carbons (Fsp3) is 0.655. The Morgan fingerprint density at radius 1 is 1.05 bits per heavy atom. The maximum absolute atomic E-state index is 13.8. The number of nitrogens with zero attached hydrogens (tertiary/aromatic N) is 3. The van der Waals surface area contributed by atoms with E-state index < -0.39 is 23.7 Å². The molecule has 3 amide bonds. The Labute approximate surface area is 229 Å². The fourth-order valence-electron chi connectivity index (χ4n) is 6.56. The Kier molecular flexibility index (Phi) is 7.96. The van der Waals surface area contributed by atoms with Gasteiger partial charge in [0.2, 0.25) is 5.91 Å². The number of ketones is 1. The number of Topliss-reactive ketones (excluding diaryl/α,β-unsaturated/α-hetero) is 1. The molecule has 4 fully saturated rings. The van der Waals surface area contributed by atoms with Gasteiger partial charge < -0.3 is 29.9 Å². The first kappa shape index (κ1) is 27.6. The van der Waals surface area contributed by atoms with Crippen LogP contribution >= 0.6 is 0 Å². The summed E-state index contributed by atoms with van der Waals surface area (Å²) >= 11 is 0. The van der Waals surface area contributed by atoms with E-state index in [2.05, 4.69) is 10.2 Å². The molecule has 1 aromatic rings. The van der Waals surface area contributed by atoms with E-state index in [-0.39, 0.29) is 36.0 Å². The smallest absolute Gasteiger partial charge is 0.255 e. The molecule has 3 aliphatic heterocycles. The minimum absolute atomic E-state index is 0.0864. The zero-order valence-electron chi connectivity index (χ0n) is 22.9. The molecule has 0 spiro atoms. The van der Waals surface area contributed by atoms with Crippen molar-refractivity contribution in [1.29, 1.82) is 0 Å². The lowest BCUT2D eigenvalue weighted by Gasteiger charge is -2.31. The number of nitrogens with one attached hydrogen (secondary N) is 1. The number of fused-ring (bicyclic) bond motifs is 1. The van der Waals surface area contributed by atoms with Crippen LogP contribution in [0.1, 0.15) is 62.7 Å². The number of rotatable bonds is 7. The van der Waals surface area contributed by atoms with Gasteiger partial charge in [-0.1, -0.05) is 13.8 Å². The Bertz CT molecular complexity index is 1090. The van der Waals surface area contributed by atoms with Crippen LogP contribution in [0.15, 0.2) is 24.3 Å². The fourth-order valence-corrected chi connectivity index (χ4v) is 6.56. The molecule has 3 saturated heterocycles. The second-order valence-electron chi connectivity index (χ2n) is 11.8. The van der Waals surface area contributed by atoms with Gasteiger partial charge in [0, 0.05) is 30.9 Å². The van der Waals surface area contributed by atoms with E-state index >= 15 is 0 Å². The van der Waals surface area contributed by atoms with Crippen molar-refractivity contribution in [2.24, 2.45) is 5.92 Å². The Hall–Kier alpha value is -2.98. The Balaban J connectivity index is 1.27. The number of likely N-dealkylation sites (tertiary alicyclic amines) is 2. The SMILES string of the molecule is CC(C)CC(NC(=O)c1ccc(N2CCOCC2)cc1)C(=O)N1CCC2C1C(=O)CN2C(=O)C1(O)CCCC1. The van der Waals surface area contributed by atoms with Gasteiger partial charge in [-0.3, -0.25) is 19.2 Å². The van der Waals surface area contributed by atoms with Crippen molar-refractivity contribution in [3.63, 3.8) is 0 Å². The van der Waals surface area contributed by atoms with Crippen LogP contribution in [-0.4, -0.2) is 102 Å². The molecular weight excluding hydrogens is 500 g/mol. The van der Waals surface area contributed by atoms with Gasteiger partial charge in [-0.05, 0) is 68.7 Å². The predicted octanol–water partition coefficient (Wildman–Crippen LogP) is 1.35. The van der Waals surface area contributed by atoms with E-state index in [1.807, 2.05) is 26.0 Å². The Morgan fingerprint density at radius 2 is 1.72 bits per heavy atom. The molecule has 39 heavy (non-hydrogen) atoms. The standard InChI is InChI=1S/C29H40N4O6/c1-19(2)17-22(30-26(35)20-5-7-21(8-6-20)31-13-15-39-16-14-31)27(36)32-12-9-23-25(32)24(34)18-33(23)28(37)29(38)10-3-4-11-29/h5-8,19,22-23,25,38H,3-4,9-18H2,1-2H3,(H,30,35). The van der Waals surface area contributed by atoms with Crippen molar-refractivity contribution in [2.45, 2.75) is 76.1 Å². The number of anilines is 1. The molecule has 1 aromatic carbocycles. The molecule has 10 nitrogen and oxygen atoms in total. The van der Waals surface area contributed by atoms with Crippen molar-refractivity contribution in [3.8, 4) is 0 Å². The molecule has 10 heteroatoms. The number of carbonyl (C=O) groups is 4. The molecule has 0 bridgehead atoms. The summed E-state index contributed by atoms with van der Waals surface area (Å²) in [5.74, 6) is -1.07. The van der Waals surface area contributed by atoms with Crippen molar-refractivity contribution in [2.75, 3.05) is 44.3 Å². The largest absolute Gasteiger partial charge is 0.380 e. The van der Waals surface area contributed by atoms with Gasteiger partial charge in [0.25, 0.3) is 11.8 Å². The molecule has 212 valence electrons. The second kappa shape index (κ2) is 11.3. The molecule has 3 unspecified atom stereocenters. The molecule has 0 radical (unpaired) electrons. The molecule has 1 saturated carbocycles. The quantitative estimate of drug-likeness (QED) is 0.536. The predicted molar refractivity (Wildman–Crippen MR) is 144 cm³/mol. The van der Waals surface area contributed by atoms with E-state index in [4.69, 9.17) is 4.74 Å². The summed E-state index contributed by atoms with van der Waals surface area (Å²) in [6.07, 6.45) is 3.31. The lowest BCUT2D eigenvalue weighted by Crippen LogP contribution is -2.53. The minimum atomic E-state index is -1.40. The average molecular weight is 541 g/mol. The summed E-state index contributed by atoms with van der Waals surface area (Å²) in [7, 11) is 0.